The van der Waals surface area contributed by atoms with Gasteiger partial charge in [0, 0.05) is 12.0 Å². The Bertz CT molecular complexity index is 375. The molecule has 0 radical (unpaired) electrons. The van der Waals surface area contributed by atoms with Crippen molar-refractivity contribution >= 4 is 5.84 Å². The van der Waals surface area contributed by atoms with E-state index in [0.717, 1.165) is 23.8 Å². The van der Waals surface area contributed by atoms with Crippen molar-refractivity contribution in [1.82, 2.24) is 5.32 Å². The molecule has 5 fully saturated rings. The Morgan fingerprint density at radius 1 is 0.810 bits per heavy atom. The molecular formula is C19H32N2. The topological polar surface area (TPSA) is 24.4 Å². The van der Waals surface area contributed by atoms with Crippen molar-refractivity contribution < 1.29 is 0 Å². The second kappa shape index (κ2) is 6.30. The summed E-state index contributed by atoms with van der Waals surface area (Å²) in [6.07, 6.45) is 18.8. The van der Waals surface area contributed by atoms with Crippen LogP contribution in [0.2, 0.25) is 0 Å². The molecule has 1 N–H and O–H groups in total. The molecule has 3 saturated carbocycles. The summed E-state index contributed by atoms with van der Waals surface area (Å²) in [4.78, 5) is 5.27. The average molecular weight is 288 g/mol. The van der Waals surface area contributed by atoms with Crippen molar-refractivity contribution in [3.63, 3.8) is 0 Å². The number of hydrogen-bond acceptors (Lipinski definition) is 1. The molecule has 2 nitrogen and oxygen atoms in total. The molecule has 118 valence electrons. The van der Waals surface area contributed by atoms with E-state index in [1.165, 1.54) is 89.3 Å². The van der Waals surface area contributed by atoms with Crippen LogP contribution in [0.3, 0.4) is 0 Å². The minimum Gasteiger partial charge on any atom is -0.371 e. The van der Waals surface area contributed by atoms with Gasteiger partial charge in [-0.1, -0.05) is 38.5 Å². The smallest absolute Gasteiger partial charge is 0.1000 e. The highest BCUT2D eigenvalue weighted by atomic mass is 15.1. The third-order valence-corrected chi connectivity index (χ3v) is 6.75. The Morgan fingerprint density at radius 2 is 1.62 bits per heavy atom. The summed E-state index contributed by atoms with van der Waals surface area (Å²) < 4.78 is 0. The van der Waals surface area contributed by atoms with Crippen molar-refractivity contribution in [2.75, 3.05) is 0 Å². The lowest BCUT2D eigenvalue weighted by atomic mass is 9.80. The van der Waals surface area contributed by atoms with Crippen LogP contribution in [0, 0.1) is 17.8 Å². The molecule has 0 unspecified atom stereocenters. The highest BCUT2D eigenvalue weighted by Crippen LogP contribution is 2.39. The fourth-order valence-electron chi connectivity index (χ4n) is 5.47. The number of nitrogens with one attached hydrogen (secondary N) is 1. The number of aliphatic imine (C=N–C) groups is 1. The summed E-state index contributed by atoms with van der Waals surface area (Å²) in [7, 11) is 0. The van der Waals surface area contributed by atoms with Gasteiger partial charge < -0.3 is 5.32 Å². The van der Waals surface area contributed by atoms with E-state index in [9.17, 15) is 0 Å². The number of amidine groups is 1. The molecule has 2 bridgehead atoms. The summed E-state index contributed by atoms with van der Waals surface area (Å²) in [5.41, 5.74) is 0. The maximum Gasteiger partial charge on any atom is 0.1000 e. The second-order valence-electron chi connectivity index (χ2n) is 8.21. The minimum atomic E-state index is 0.661. The van der Waals surface area contributed by atoms with E-state index in [4.69, 9.17) is 4.99 Å². The van der Waals surface area contributed by atoms with Crippen molar-refractivity contribution in [1.29, 1.82) is 0 Å². The zero-order chi connectivity index (χ0) is 14.1. The van der Waals surface area contributed by atoms with Gasteiger partial charge in [-0.2, -0.15) is 0 Å². The minimum absolute atomic E-state index is 0.661. The number of rotatable bonds is 3. The Hall–Kier alpha value is -0.530. The number of fused-ring (bicyclic) bond motifs is 3. The van der Waals surface area contributed by atoms with Crippen LogP contribution < -0.4 is 5.32 Å². The first kappa shape index (κ1) is 14.1. The van der Waals surface area contributed by atoms with E-state index in [2.05, 4.69) is 5.32 Å². The van der Waals surface area contributed by atoms with E-state index >= 15 is 0 Å². The van der Waals surface area contributed by atoms with E-state index in [-0.39, 0.29) is 0 Å². The third-order valence-electron chi connectivity index (χ3n) is 6.75. The summed E-state index contributed by atoms with van der Waals surface area (Å²) in [6, 6.07) is 1.42. The van der Waals surface area contributed by atoms with Crippen LogP contribution in [-0.2, 0) is 0 Å². The maximum absolute atomic E-state index is 5.27. The number of nitrogens with zero attached hydrogens (tertiary/aromatic N) is 1. The first-order valence-corrected chi connectivity index (χ1v) is 9.72. The average Bonchev–Trinajstić information content (AvgIpc) is 2.96. The van der Waals surface area contributed by atoms with Crippen LogP contribution in [0.4, 0.5) is 0 Å². The molecule has 21 heavy (non-hydrogen) atoms. The zero-order valence-corrected chi connectivity index (χ0v) is 13.5. The largest absolute Gasteiger partial charge is 0.371 e. The van der Waals surface area contributed by atoms with Crippen molar-refractivity contribution in [3.05, 3.63) is 0 Å². The lowest BCUT2D eigenvalue weighted by Crippen LogP contribution is -2.49. The van der Waals surface area contributed by atoms with Crippen LogP contribution in [0.1, 0.15) is 83.5 Å². The van der Waals surface area contributed by atoms with Gasteiger partial charge in [0.2, 0.25) is 0 Å². The molecule has 0 amide bonds. The Labute approximate surface area is 130 Å². The van der Waals surface area contributed by atoms with Crippen molar-refractivity contribution in [2.45, 2.75) is 95.6 Å². The van der Waals surface area contributed by atoms with Crippen molar-refractivity contribution in [2.24, 2.45) is 22.7 Å². The van der Waals surface area contributed by atoms with Crippen LogP contribution in [0.25, 0.3) is 0 Å². The van der Waals surface area contributed by atoms with Gasteiger partial charge >= 0.3 is 0 Å². The molecule has 2 saturated heterocycles. The first-order valence-electron chi connectivity index (χ1n) is 9.72. The van der Waals surface area contributed by atoms with Gasteiger partial charge in [-0.25, -0.2) is 0 Å². The molecule has 3 aliphatic carbocycles. The van der Waals surface area contributed by atoms with Crippen LogP contribution in [0.15, 0.2) is 4.99 Å². The molecule has 0 aromatic rings. The van der Waals surface area contributed by atoms with Crippen LogP contribution in [-0.4, -0.2) is 17.9 Å². The Morgan fingerprint density at radius 3 is 2.33 bits per heavy atom. The normalized spacial score (nSPS) is 42.4. The van der Waals surface area contributed by atoms with Crippen LogP contribution in [0.5, 0.6) is 0 Å². The fourth-order valence-corrected chi connectivity index (χ4v) is 5.47. The van der Waals surface area contributed by atoms with E-state index in [1.807, 2.05) is 0 Å². The van der Waals surface area contributed by atoms with Crippen LogP contribution >= 0.6 is 0 Å². The molecule has 5 aliphatic rings. The predicted octanol–water partition coefficient (Wildman–Crippen LogP) is 4.69. The Kier molecular flexibility index (Phi) is 4.23. The summed E-state index contributed by atoms with van der Waals surface area (Å²) >= 11 is 0. The molecule has 2 heteroatoms. The monoisotopic (exact) mass is 288 g/mol. The van der Waals surface area contributed by atoms with Crippen molar-refractivity contribution in [3.8, 4) is 0 Å². The lowest BCUT2D eigenvalue weighted by Gasteiger charge is -2.39. The summed E-state index contributed by atoms with van der Waals surface area (Å²) in [5, 5.41) is 3.75. The highest BCUT2D eigenvalue weighted by molar-refractivity contribution is 5.86. The highest BCUT2D eigenvalue weighted by Gasteiger charge is 2.35. The van der Waals surface area contributed by atoms with E-state index in [1.54, 1.807) is 0 Å². The first-order chi connectivity index (χ1) is 10.4. The van der Waals surface area contributed by atoms with Gasteiger partial charge in [-0.3, -0.25) is 4.99 Å². The van der Waals surface area contributed by atoms with Gasteiger partial charge in [0.15, 0.2) is 0 Å². The van der Waals surface area contributed by atoms with Gasteiger partial charge in [0.05, 0.1) is 11.9 Å². The van der Waals surface area contributed by atoms with Gasteiger partial charge in [0.25, 0.3) is 0 Å². The zero-order valence-electron chi connectivity index (χ0n) is 13.5. The van der Waals surface area contributed by atoms with Gasteiger partial charge in [0.1, 0.15) is 0 Å². The molecule has 0 aromatic carbocycles. The molecule has 2 heterocycles. The van der Waals surface area contributed by atoms with Gasteiger partial charge in [-0.05, 0) is 56.8 Å². The lowest BCUT2D eigenvalue weighted by molar-refractivity contribution is 0.274. The predicted molar refractivity (Wildman–Crippen MR) is 88.6 cm³/mol. The fraction of sp³-hybridized carbons (Fsp3) is 0.947. The Balaban J connectivity index is 1.39. The SMILES string of the molecule is C1CCC(C[C@@H]2CCC[C@@H]2N=C2NC3CCC2CC3)CC1. The number of hydrogen-bond donors (Lipinski definition) is 1. The summed E-state index contributed by atoms with van der Waals surface area (Å²) in [5.74, 6) is 4.13. The second-order valence-corrected chi connectivity index (χ2v) is 8.21. The maximum atomic E-state index is 5.27. The molecular weight excluding hydrogens is 256 g/mol. The quantitative estimate of drug-likeness (QED) is 0.800. The van der Waals surface area contributed by atoms with E-state index < -0.39 is 0 Å². The van der Waals surface area contributed by atoms with Gasteiger partial charge in [-0.15, -0.1) is 0 Å². The number of piperidine rings is 2. The van der Waals surface area contributed by atoms with E-state index in [0.29, 0.717) is 6.04 Å². The third kappa shape index (κ3) is 3.14. The molecule has 5 rings (SSSR count). The summed E-state index contributed by atoms with van der Waals surface area (Å²) in [6.45, 7) is 0. The molecule has 2 aliphatic heterocycles. The molecule has 2 atom stereocenters. The molecule has 0 spiro atoms. The molecule has 0 aromatic heterocycles. The standard InChI is InChI=1S/C19H32N2/c1-2-5-14(6-3-1)13-16-7-4-8-18(16)21-19-15-9-11-17(20-19)12-10-15/h14-18H,1-13H2,(H,20,21)/t15?,16-,17?,18-/m0/s1.